The van der Waals surface area contributed by atoms with E-state index in [0.717, 1.165) is 22.7 Å². The van der Waals surface area contributed by atoms with Crippen molar-refractivity contribution in [3.05, 3.63) is 40.6 Å². The molecule has 0 spiro atoms. The van der Waals surface area contributed by atoms with Crippen molar-refractivity contribution in [2.45, 2.75) is 13.0 Å². The summed E-state index contributed by atoms with van der Waals surface area (Å²) >= 11 is 1.68. The number of anilines is 1. The zero-order chi connectivity index (χ0) is 13.0. The van der Waals surface area contributed by atoms with E-state index >= 15 is 0 Å². The number of thiophene rings is 1. The molecule has 0 fully saturated rings. The van der Waals surface area contributed by atoms with Crippen molar-refractivity contribution in [3.8, 4) is 11.5 Å². The summed E-state index contributed by atoms with van der Waals surface area (Å²) in [6, 6.07) is 8.13. The summed E-state index contributed by atoms with van der Waals surface area (Å²) in [6.07, 6.45) is 0. The molecule has 0 saturated carbocycles. The Morgan fingerprint density at radius 1 is 1.17 bits per heavy atom. The Balaban J connectivity index is 2.21. The van der Waals surface area contributed by atoms with Crippen LogP contribution in [0.25, 0.3) is 0 Å². The van der Waals surface area contributed by atoms with Gasteiger partial charge in [-0.3, -0.25) is 0 Å². The van der Waals surface area contributed by atoms with E-state index in [2.05, 4.69) is 29.1 Å². The van der Waals surface area contributed by atoms with Crippen LogP contribution in [0, 0.1) is 0 Å². The molecule has 0 aliphatic heterocycles. The van der Waals surface area contributed by atoms with Crippen molar-refractivity contribution in [2.24, 2.45) is 0 Å². The Labute approximate surface area is 111 Å². The Bertz CT molecular complexity index is 497. The second kappa shape index (κ2) is 5.78. The fraction of sp³-hybridized carbons (Fsp3) is 0.286. The van der Waals surface area contributed by atoms with Gasteiger partial charge >= 0.3 is 0 Å². The first kappa shape index (κ1) is 12.8. The second-order valence-electron chi connectivity index (χ2n) is 3.99. The van der Waals surface area contributed by atoms with Gasteiger partial charge in [0.05, 0.1) is 20.3 Å². The SMILES string of the molecule is COc1ccc(C(C)Nc2ccsc2)c(OC)c1. The number of rotatable bonds is 5. The summed E-state index contributed by atoms with van der Waals surface area (Å²) in [7, 11) is 3.33. The van der Waals surface area contributed by atoms with Gasteiger partial charge in [-0.25, -0.2) is 0 Å². The van der Waals surface area contributed by atoms with Crippen LogP contribution in [-0.4, -0.2) is 14.2 Å². The maximum atomic E-state index is 5.41. The first-order valence-electron chi connectivity index (χ1n) is 5.75. The Morgan fingerprint density at radius 3 is 2.61 bits per heavy atom. The van der Waals surface area contributed by atoms with Crippen LogP contribution in [0.3, 0.4) is 0 Å². The molecule has 2 rings (SSSR count). The topological polar surface area (TPSA) is 30.5 Å². The van der Waals surface area contributed by atoms with Crippen molar-refractivity contribution in [1.29, 1.82) is 0 Å². The minimum Gasteiger partial charge on any atom is -0.497 e. The van der Waals surface area contributed by atoms with Gasteiger partial charge in [0.1, 0.15) is 11.5 Å². The highest BCUT2D eigenvalue weighted by molar-refractivity contribution is 7.08. The van der Waals surface area contributed by atoms with Crippen LogP contribution in [0.1, 0.15) is 18.5 Å². The fourth-order valence-electron chi connectivity index (χ4n) is 1.85. The number of hydrogen-bond donors (Lipinski definition) is 1. The summed E-state index contributed by atoms with van der Waals surface area (Å²) in [4.78, 5) is 0. The Morgan fingerprint density at radius 2 is 2.00 bits per heavy atom. The lowest BCUT2D eigenvalue weighted by Crippen LogP contribution is -2.07. The van der Waals surface area contributed by atoms with Gasteiger partial charge in [-0.2, -0.15) is 11.3 Å². The molecule has 3 nitrogen and oxygen atoms in total. The molecule has 0 aliphatic carbocycles. The molecule has 0 bridgehead atoms. The van der Waals surface area contributed by atoms with Crippen molar-refractivity contribution in [2.75, 3.05) is 19.5 Å². The zero-order valence-corrected chi connectivity index (χ0v) is 11.6. The minimum absolute atomic E-state index is 0.181. The highest BCUT2D eigenvalue weighted by atomic mass is 32.1. The van der Waals surface area contributed by atoms with Crippen LogP contribution in [-0.2, 0) is 0 Å². The average molecular weight is 263 g/mol. The van der Waals surface area contributed by atoms with E-state index in [0.29, 0.717) is 0 Å². The lowest BCUT2D eigenvalue weighted by molar-refractivity contribution is 0.390. The largest absolute Gasteiger partial charge is 0.497 e. The molecule has 0 aliphatic rings. The molecular weight excluding hydrogens is 246 g/mol. The van der Waals surface area contributed by atoms with Crippen molar-refractivity contribution >= 4 is 17.0 Å². The van der Waals surface area contributed by atoms with E-state index in [-0.39, 0.29) is 6.04 Å². The van der Waals surface area contributed by atoms with E-state index in [4.69, 9.17) is 9.47 Å². The molecule has 18 heavy (non-hydrogen) atoms. The predicted octanol–water partition coefficient (Wildman–Crippen LogP) is 3.94. The maximum absolute atomic E-state index is 5.41. The highest BCUT2D eigenvalue weighted by Crippen LogP contribution is 2.31. The summed E-state index contributed by atoms with van der Waals surface area (Å²) in [5, 5.41) is 7.59. The van der Waals surface area contributed by atoms with E-state index in [9.17, 15) is 0 Å². The lowest BCUT2D eigenvalue weighted by Gasteiger charge is -2.18. The maximum Gasteiger partial charge on any atom is 0.127 e. The monoisotopic (exact) mass is 263 g/mol. The molecule has 1 N–H and O–H groups in total. The van der Waals surface area contributed by atoms with Crippen molar-refractivity contribution < 1.29 is 9.47 Å². The summed E-state index contributed by atoms with van der Waals surface area (Å²) in [6.45, 7) is 2.11. The molecule has 1 aromatic heterocycles. The molecular formula is C14H17NO2S. The molecule has 2 aromatic rings. The van der Waals surface area contributed by atoms with Crippen LogP contribution in [0.5, 0.6) is 11.5 Å². The van der Waals surface area contributed by atoms with Crippen LogP contribution in [0.15, 0.2) is 35.0 Å². The van der Waals surface area contributed by atoms with Gasteiger partial charge in [0.25, 0.3) is 0 Å². The van der Waals surface area contributed by atoms with E-state index in [1.165, 1.54) is 0 Å². The third-order valence-electron chi connectivity index (χ3n) is 2.81. The fourth-order valence-corrected chi connectivity index (χ4v) is 2.45. The second-order valence-corrected chi connectivity index (χ2v) is 4.77. The van der Waals surface area contributed by atoms with Gasteiger partial charge in [-0.1, -0.05) is 0 Å². The third kappa shape index (κ3) is 2.76. The van der Waals surface area contributed by atoms with Gasteiger partial charge in [0, 0.05) is 22.7 Å². The van der Waals surface area contributed by atoms with Crippen LogP contribution < -0.4 is 14.8 Å². The number of ether oxygens (including phenoxy) is 2. The van der Waals surface area contributed by atoms with E-state index < -0.39 is 0 Å². The predicted molar refractivity (Wildman–Crippen MR) is 75.9 cm³/mol. The van der Waals surface area contributed by atoms with Crippen molar-refractivity contribution in [1.82, 2.24) is 0 Å². The zero-order valence-electron chi connectivity index (χ0n) is 10.8. The first-order valence-corrected chi connectivity index (χ1v) is 6.69. The minimum atomic E-state index is 0.181. The third-order valence-corrected chi connectivity index (χ3v) is 3.49. The molecule has 4 heteroatoms. The van der Waals surface area contributed by atoms with Crippen LogP contribution >= 0.6 is 11.3 Å². The molecule has 1 heterocycles. The molecule has 1 atom stereocenters. The summed E-state index contributed by atoms with van der Waals surface area (Å²) in [5.74, 6) is 1.64. The lowest BCUT2D eigenvalue weighted by atomic mass is 10.1. The highest BCUT2D eigenvalue weighted by Gasteiger charge is 2.12. The van der Waals surface area contributed by atoms with Crippen LogP contribution in [0.2, 0.25) is 0 Å². The van der Waals surface area contributed by atoms with Gasteiger partial charge in [0.15, 0.2) is 0 Å². The molecule has 0 amide bonds. The van der Waals surface area contributed by atoms with Gasteiger partial charge in [-0.05, 0) is 30.5 Å². The molecule has 1 unspecified atom stereocenters. The quantitative estimate of drug-likeness (QED) is 0.886. The van der Waals surface area contributed by atoms with E-state index in [1.54, 1.807) is 25.6 Å². The number of benzene rings is 1. The van der Waals surface area contributed by atoms with E-state index in [1.807, 2.05) is 18.2 Å². The van der Waals surface area contributed by atoms with Gasteiger partial charge in [-0.15, -0.1) is 0 Å². The molecule has 96 valence electrons. The normalized spacial score (nSPS) is 11.9. The number of hydrogen-bond acceptors (Lipinski definition) is 4. The molecule has 0 saturated heterocycles. The summed E-state index contributed by atoms with van der Waals surface area (Å²) < 4.78 is 10.6. The first-order chi connectivity index (χ1) is 8.74. The molecule has 1 aromatic carbocycles. The molecule has 0 radical (unpaired) electrons. The number of nitrogens with one attached hydrogen (secondary N) is 1. The standard InChI is InChI=1S/C14H17NO2S/c1-10(15-11-6-7-18-9-11)13-5-4-12(16-2)8-14(13)17-3/h4-10,15H,1-3H3. The van der Waals surface area contributed by atoms with Gasteiger partial charge < -0.3 is 14.8 Å². The average Bonchev–Trinajstić information content (AvgIpc) is 2.90. The van der Waals surface area contributed by atoms with Crippen LogP contribution in [0.4, 0.5) is 5.69 Å². The summed E-state index contributed by atoms with van der Waals surface area (Å²) in [5.41, 5.74) is 2.25. The Hall–Kier alpha value is -1.68. The Kier molecular flexibility index (Phi) is 4.10. The van der Waals surface area contributed by atoms with Crippen molar-refractivity contribution in [3.63, 3.8) is 0 Å². The number of methoxy groups -OCH3 is 2. The smallest absolute Gasteiger partial charge is 0.127 e. The van der Waals surface area contributed by atoms with Gasteiger partial charge in [0.2, 0.25) is 0 Å².